The Labute approximate surface area is 124 Å². The molecule has 1 aromatic carbocycles. The third kappa shape index (κ3) is 3.74. The number of esters is 1. The number of hydrogen-bond donors (Lipinski definition) is 0. The predicted molar refractivity (Wildman–Crippen MR) is 79.3 cm³/mol. The molecule has 2 rings (SSSR count). The smallest absolute Gasteiger partial charge is 0.311 e. The molecule has 1 atom stereocenters. The summed E-state index contributed by atoms with van der Waals surface area (Å²) in [6.07, 6.45) is 0.201. The lowest BCUT2D eigenvalue weighted by molar-refractivity contribution is -0.145. The van der Waals surface area contributed by atoms with E-state index in [2.05, 4.69) is 0 Å². The minimum atomic E-state index is -0.381. The molecule has 0 N–H and O–H groups in total. The van der Waals surface area contributed by atoms with Crippen LogP contribution in [0.2, 0.25) is 0 Å². The van der Waals surface area contributed by atoms with Gasteiger partial charge in [-0.3, -0.25) is 9.59 Å². The van der Waals surface area contributed by atoms with E-state index in [1.165, 1.54) is 7.11 Å². The number of amides is 1. The topological polar surface area (TPSA) is 55.8 Å². The van der Waals surface area contributed by atoms with Crippen LogP contribution in [-0.2, 0) is 14.3 Å². The van der Waals surface area contributed by atoms with E-state index in [1.807, 2.05) is 45.0 Å². The van der Waals surface area contributed by atoms with Gasteiger partial charge in [0.1, 0.15) is 11.4 Å². The molecule has 0 aliphatic carbocycles. The molecule has 1 amide bonds. The van der Waals surface area contributed by atoms with Crippen LogP contribution in [0.25, 0.3) is 0 Å². The van der Waals surface area contributed by atoms with Crippen molar-refractivity contribution in [2.75, 3.05) is 18.6 Å². The van der Waals surface area contributed by atoms with E-state index in [1.54, 1.807) is 4.90 Å². The van der Waals surface area contributed by atoms with Gasteiger partial charge in [0.15, 0.2) is 0 Å². The van der Waals surface area contributed by atoms with E-state index in [0.717, 1.165) is 11.4 Å². The summed E-state index contributed by atoms with van der Waals surface area (Å²) in [4.78, 5) is 25.1. The van der Waals surface area contributed by atoms with Crippen LogP contribution in [-0.4, -0.2) is 31.1 Å². The zero-order valence-corrected chi connectivity index (χ0v) is 12.9. The van der Waals surface area contributed by atoms with Crippen LogP contribution in [0, 0.1) is 5.92 Å². The van der Waals surface area contributed by atoms with Gasteiger partial charge in [-0.25, -0.2) is 0 Å². The van der Waals surface area contributed by atoms with E-state index >= 15 is 0 Å². The van der Waals surface area contributed by atoms with Crippen LogP contribution in [0.4, 0.5) is 5.69 Å². The highest BCUT2D eigenvalue weighted by Gasteiger charge is 2.35. The Kier molecular flexibility index (Phi) is 4.21. The van der Waals surface area contributed by atoms with Crippen molar-refractivity contribution in [3.63, 3.8) is 0 Å². The maximum absolute atomic E-state index is 12.0. The van der Waals surface area contributed by atoms with Gasteiger partial charge in [-0.05, 0) is 45.0 Å². The number of hydrogen-bond acceptors (Lipinski definition) is 4. The highest BCUT2D eigenvalue weighted by atomic mass is 16.5. The molecule has 114 valence electrons. The zero-order chi connectivity index (χ0) is 15.6. The number of carbonyl (C=O) groups excluding carboxylic acids is 2. The van der Waals surface area contributed by atoms with Crippen LogP contribution in [0.15, 0.2) is 24.3 Å². The standard InChI is InChI=1S/C16H21NO4/c1-16(2,3)21-13-7-5-12(6-8-13)17-10-11(9-14(17)18)15(19)20-4/h5-8,11H,9-10H2,1-4H3. The fraction of sp³-hybridized carbons (Fsp3) is 0.500. The Balaban J connectivity index is 2.09. The molecule has 0 aromatic heterocycles. The summed E-state index contributed by atoms with van der Waals surface area (Å²) in [5.41, 5.74) is 0.508. The first-order valence-electron chi connectivity index (χ1n) is 6.97. The van der Waals surface area contributed by atoms with Crippen LogP contribution < -0.4 is 9.64 Å². The average molecular weight is 291 g/mol. The highest BCUT2D eigenvalue weighted by molar-refractivity contribution is 5.99. The number of rotatable bonds is 3. The monoisotopic (exact) mass is 291 g/mol. The third-order valence-corrected chi connectivity index (χ3v) is 3.23. The Morgan fingerprint density at radius 2 is 1.86 bits per heavy atom. The Morgan fingerprint density at radius 3 is 2.38 bits per heavy atom. The molecule has 0 spiro atoms. The number of benzene rings is 1. The van der Waals surface area contributed by atoms with Gasteiger partial charge in [0.05, 0.1) is 13.0 Å². The summed E-state index contributed by atoms with van der Waals surface area (Å²) in [5, 5.41) is 0. The molecule has 1 heterocycles. The Hall–Kier alpha value is -2.04. The van der Waals surface area contributed by atoms with Crippen molar-refractivity contribution in [1.82, 2.24) is 0 Å². The van der Waals surface area contributed by atoms with Gasteiger partial charge in [-0.2, -0.15) is 0 Å². The van der Waals surface area contributed by atoms with Crippen molar-refractivity contribution < 1.29 is 19.1 Å². The molecule has 5 heteroatoms. The van der Waals surface area contributed by atoms with Gasteiger partial charge in [-0.1, -0.05) is 0 Å². The van der Waals surface area contributed by atoms with Gasteiger partial charge < -0.3 is 14.4 Å². The normalized spacial score (nSPS) is 18.8. The van der Waals surface area contributed by atoms with Crippen molar-refractivity contribution in [3.8, 4) is 5.75 Å². The number of methoxy groups -OCH3 is 1. The number of nitrogens with zero attached hydrogens (tertiary/aromatic N) is 1. The second kappa shape index (κ2) is 5.76. The summed E-state index contributed by atoms with van der Waals surface area (Å²) in [5.74, 6) is -0.0242. The Morgan fingerprint density at radius 1 is 1.24 bits per heavy atom. The summed E-state index contributed by atoms with van der Waals surface area (Å²) < 4.78 is 10.4. The largest absolute Gasteiger partial charge is 0.488 e. The van der Waals surface area contributed by atoms with E-state index < -0.39 is 0 Å². The molecule has 0 saturated carbocycles. The van der Waals surface area contributed by atoms with Crippen molar-refractivity contribution in [2.45, 2.75) is 32.8 Å². The summed E-state index contributed by atoms with van der Waals surface area (Å²) in [6.45, 7) is 6.30. The maximum atomic E-state index is 12.0. The zero-order valence-electron chi connectivity index (χ0n) is 12.9. The third-order valence-electron chi connectivity index (χ3n) is 3.23. The first kappa shape index (κ1) is 15.4. The van der Waals surface area contributed by atoms with Gasteiger partial charge in [0, 0.05) is 18.7 Å². The number of anilines is 1. The predicted octanol–water partition coefficient (Wildman–Crippen LogP) is 2.39. The maximum Gasteiger partial charge on any atom is 0.311 e. The first-order valence-corrected chi connectivity index (χ1v) is 6.97. The lowest BCUT2D eigenvalue weighted by atomic mass is 10.1. The molecule has 1 saturated heterocycles. The molecule has 0 radical (unpaired) electrons. The molecular formula is C16H21NO4. The highest BCUT2D eigenvalue weighted by Crippen LogP contribution is 2.28. The van der Waals surface area contributed by atoms with Gasteiger partial charge in [0.25, 0.3) is 0 Å². The summed E-state index contributed by atoms with van der Waals surface area (Å²) in [7, 11) is 1.34. The molecule has 1 aliphatic rings. The average Bonchev–Trinajstić information content (AvgIpc) is 2.79. The molecule has 21 heavy (non-hydrogen) atoms. The van der Waals surface area contributed by atoms with Gasteiger partial charge in [-0.15, -0.1) is 0 Å². The lowest BCUT2D eigenvalue weighted by Crippen LogP contribution is -2.26. The molecule has 5 nitrogen and oxygen atoms in total. The minimum Gasteiger partial charge on any atom is -0.488 e. The van der Waals surface area contributed by atoms with E-state index in [4.69, 9.17) is 9.47 Å². The molecular weight excluding hydrogens is 270 g/mol. The summed E-state index contributed by atoms with van der Waals surface area (Å²) in [6, 6.07) is 7.33. The number of ether oxygens (including phenoxy) is 2. The van der Waals surface area contributed by atoms with E-state index in [9.17, 15) is 9.59 Å². The number of carbonyl (C=O) groups is 2. The first-order chi connectivity index (χ1) is 9.80. The summed E-state index contributed by atoms with van der Waals surface area (Å²) >= 11 is 0. The van der Waals surface area contributed by atoms with Crippen molar-refractivity contribution in [2.24, 2.45) is 5.92 Å². The Bertz CT molecular complexity index is 530. The second-order valence-corrected chi connectivity index (χ2v) is 6.14. The van der Waals surface area contributed by atoms with Crippen LogP contribution >= 0.6 is 0 Å². The van der Waals surface area contributed by atoms with Crippen LogP contribution in [0.5, 0.6) is 5.75 Å². The minimum absolute atomic E-state index is 0.0603. The van der Waals surface area contributed by atoms with Crippen molar-refractivity contribution >= 4 is 17.6 Å². The second-order valence-electron chi connectivity index (χ2n) is 6.14. The van der Waals surface area contributed by atoms with Crippen LogP contribution in [0.3, 0.4) is 0 Å². The molecule has 0 bridgehead atoms. The molecule has 1 unspecified atom stereocenters. The molecule has 1 aromatic rings. The van der Waals surface area contributed by atoms with Crippen LogP contribution in [0.1, 0.15) is 27.2 Å². The van der Waals surface area contributed by atoms with Gasteiger partial charge >= 0.3 is 5.97 Å². The SMILES string of the molecule is COC(=O)C1CC(=O)N(c2ccc(OC(C)(C)C)cc2)C1. The molecule has 1 fully saturated rings. The fourth-order valence-corrected chi connectivity index (χ4v) is 2.33. The fourth-order valence-electron chi connectivity index (χ4n) is 2.33. The van der Waals surface area contributed by atoms with Crippen molar-refractivity contribution in [3.05, 3.63) is 24.3 Å². The quantitative estimate of drug-likeness (QED) is 0.802. The van der Waals surface area contributed by atoms with Crippen molar-refractivity contribution in [1.29, 1.82) is 0 Å². The molecule has 1 aliphatic heterocycles. The van der Waals surface area contributed by atoms with E-state index in [-0.39, 0.29) is 29.8 Å². The van der Waals surface area contributed by atoms with Gasteiger partial charge in [0.2, 0.25) is 5.91 Å². The van der Waals surface area contributed by atoms with E-state index in [0.29, 0.717) is 6.54 Å². The lowest BCUT2D eigenvalue weighted by Gasteiger charge is -2.22.